The van der Waals surface area contributed by atoms with E-state index < -0.39 is 0 Å². The van der Waals surface area contributed by atoms with E-state index >= 15 is 0 Å². The molecule has 148 valence electrons. The van der Waals surface area contributed by atoms with Crippen molar-refractivity contribution in [1.82, 2.24) is 25.7 Å². The number of piperazine rings is 1. The number of benzene rings is 1. The summed E-state index contributed by atoms with van der Waals surface area (Å²) < 4.78 is 10.6. The molecule has 1 fully saturated rings. The molecule has 9 heteroatoms. The fourth-order valence-electron chi connectivity index (χ4n) is 2.86. The van der Waals surface area contributed by atoms with E-state index in [1.54, 1.807) is 19.1 Å². The highest BCUT2D eigenvalue weighted by Gasteiger charge is 2.13. The molecule has 1 aromatic heterocycles. The van der Waals surface area contributed by atoms with Gasteiger partial charge in [-0.1, -0.05) is 17.3 Å². The summed E-state index contributed by atoms with van der Waals surface area (Å²) in [5.41, 5.74) is 0.509. The third-order valence-electron chi connectivity index (χ3n) is 4.20. The van der Waals surface area contributed by atoms with Crippen LogP contribution in [0.5, 0.6) is 5.75 Å². The molecule has 1 aromatic carbocycles. The minimum absolute atomic E-state index is 0. The van der Waals surface area contributed by atoms with Crippen LogP contribution >= 0.6 is 12.4 Å². The minimum Gasteiger partial charge on any atom is -0.485 e. The molecule has 1 aliphatic heterocycles. The Labute approximate surface area is 165 Å². The molecule has 2 N–H and O–H groups in total. The van der Waals surface area contributed by atoms with E-state index in [-0.39, 0.29) is 24.9 Å². The quantitative estimate of drug-likeness (QED) is 0.652. The molecule has 0 saturated carbocycles. The van der Waals surface area contributed by atoms with Gasteiger partial charge in [0.2, 0.25) is 11.7 Å². The van der Waals surface area contributed by atoms with Crippen LogP contribution in [0.3, 0.4) is 0 Å². The van der Waals surface area contributed by atoms with E-state index in [9.17, 15) is 4.79 Å². The van der Waals surface area contributed by atoms with Crippen LogP contribution in [0.1, 0.15) is 28.5 Å². The number of carbonyl (C=O) groups excluding carboxylic acids is 1. The number of nitrogens with one attached hydrogen (secondary N) is 2. The third-order valence-corrected chi connectivity index (χ3v) is 4.20. The first kappa shape index (κ1) is 21.1. The van der Waals surface area contributed by atoms with Gasteiger partial charge in [-0.2, -0.15) is 4.98 Å². The summed E-state index contributed by atoms with van der Waals surface area (Å²) in [4.78, 5) is 19.0. The van der Waals surface area contributed by atoms with E-state index in [0.717, 1.165) is 39.1 Å². The highest BCUT2D eigenvalue weighted by atomic mass is 35.5. The Bertz CT molecular complexity index is 719. The average molecular weight is 396 g/mol. The van der Waals surface area contributed by atoms with Gasteiger partial charge in [-0.15, -0.1) is 12.4 Å². The molecule has 3 rings (SSSR count). The summed E-state index contributed by atoms with van der Waals surface area (Å²) in [6.07, 6.45) is 0.927. The van der Waals surface area contributed by atoms with Gasteiger partial charge in [-0.3, -0.25) is 4.79 Å². The summed E-state index contributed by atoms with van der Waals surface area (Å²) in [6.45, 7) is 7.73. The normalized spacial score (nSPS) is 14.4. The lowest BCUT2D eigenvalue weighted by atomic mass is 10.2. The number of rotatable bonds is 8. The largest absolute Gasteiger partial charge is 0.485 e. The van der Waals surface area contributed by atoms with Crippen LogP contribution in [-0.2, 0) is 6.61 Å². The van der Waals surface area contributed by atoms with Crippen molar-refractivity contribution in [2.45, 2.75) is 20.0 Å². The number of para-hydroxylation sites is 1. The van der Waals surface area contributed by atoms with E-state index in [2.05, 4.69) is 25.7 Å². The second-order valence-corrected chi connectivity index (χ2v) is 6.22. The van der Waals surface area contributed by atoms with Crippen LogP contribution in [0, 0.1) is 6.92 Å². The number of aromatic nitrogens is 2. The van der Waals surface area contributed by atoms with Crippen molar-refractivity contribution < 1.29 is 14.1 Å². The molecule has 0 atom stereocenters. The number of nitrogens with zero attached hydrogens (tertiary/aromatic N) is 3. The molecule has 0 aliphatic carbocycles. The maximum atomic E-state index is 12.5. The van der Waals surface area contributed by atoms with Crippen LogP contribution < -0.4 is 15.4 Å². The molecule has 27 heavy (non-hydrogen) atoms. The summed E-state index contributed by atoms with van der Waals surface area (Å²) in [7, 11) is 0. The van der Waals surface area contributed by atoms with Crippen molar-refractivity contribution in [3.63, 3.8) is 0 Å². The monoisotopic (exact) mass is 395 g/mol. The maximum absolute atomic E-state index is 12.5. The van der Waals surface area contributed by atoms with Gasteiger partial charge in [0, 0.05) is 39.6 Å². The molecule has 0 radical (unpaired) electrons. The Balaban J connectivity index is 0.00000261. The number of aryl methyl sites for hydroxylation is 1. The molecule has 1 amide bonds. The summed E-state index contributed by atoms with van der Waals surface area (Å²) in [6, 6.07) is 7.17. The minimum atomic E-state index is -0.134. The molecule has 0 spiro atoms. The third kappa shape index (κ3) is 6.50. The zero-order chi connectivity index (χ0) is 18.2. The van der Waals surface area contributed by atoms with Crippen molar-refractivity contribution in [2.75, 3.05) is 39.3 Å². The number of carbonyl (C=O) groups is 1. The van der Waals surface area contributed by atoms with E-state index in [1.165, 1.54) is 0 Å². The lowest BCUT2D eigenvalue weighted by molar-refractivity contribution is 0.0946. The zero-order valence-electron chi connectivity index (χ0n) is 15.4. The van der Waals surface area contributed by atoms with E-state index in [1.807, 2.05) is 12.1 Å². The van der Waals surface area contributed by atoms with Crippen LogP contribution in [0.25, 0.3) is 0 Å². The van der Waals surface area contributed by atoms with Crippen LogP contribution in [-0.4, -0.2) is 60.2 Å². The van der Waals surface area contributed by atoms with Crippen molar-refractivity contribution in [3.05, 3.63) is 41.5 Å². The first-order valence-electron chi connectivity index (χ1n) is 8.94. The first-order chi connectivity index (χ1) is 12.7. The standard InChI is InChI=1S/C18H25N5O3.ClH/c1-14-21-17(22-26-14)13-25-16-6-3-2-5-15(16)18(24)20-7-4-10-23-11-8-19-9-12-23;/h2-3,5-6,19H,4,7-13H2,1H3,(H,20,24);1H. The summed E-state index contributed by atoms with van der Waals surface area (Å²) in [5, 5.41) is 10.1. The Hall–Kier alpha value is -2.16. The molecule has 8 nitrogen and oxygen atoms in total. The molecule has 0 bridgehead atoms. The van der Waals surface area contributed by atoms with Gasteiger partial charge in [0.15, 0.2) is 6.61 Å². The van der Waals surface area contributed by atoms with Crippen LogP contribution in [0.2, 0.25) is 0 Å². The average Bonchev–Trinajstić information content (AvgIpc) is 3.10. The summed E-state index contributed by atoms with van der Waals surface area (Å²) >= 11 is 0. The molecule has 1 aliphatic rings. The fourth-order valence-corrected chi connectivity index (χ4v) is 2.86. The lowest BCUT2D eigenvalue weighted by Gasteiger charge is -2.27. The number of hydrogen-bond acceptors (Lipinski definition) is 7. The summed E-state index contributed by atoms with van der Waals surface area (Å²) in [5.74, 6) is 1.31. The number of amides is 1. The molecule has 2 aromatic rings. The van der Waals surface area contributed by atoms with Gasteiger partial charge < -0.3 is 24.8 Å². The van der Waals surface area contributed by atoms with Gasteiger partial charge in [0.25, 0.3) is 5.91 Å². The highest BCUT2D eigenvalue weighted by molar-refractivity contribution is 5.96. The topological polar surface area (TPSA) is 92.5 Å². The Morgan fingerprint density at radius 1 is 1.33 bits per heavy atom. The van der Waals surface area contributed by atoms with Gasteiger partial charge >= 0.3 is 0 Å². The maximum Gasteiger partial charge on any atom is 0.255 e. The lowest BCUT2D eigenvalue weighted by Crippen LogP contribution is -2.44. The Morgan fingerprint density at radius 2 is 2.11 bits per heavy atom. The smallest absolute Gasteiger partial charge is 0.255 e. The Morgan fingerprint density at radius 3 is 2.85 bits per heavy atom. The molecule has 0 unspecified atom stereocenters. The SMILES string of the molecule is Cc1nc(COc2ccccc2C(=O)NCCCN2CCNCC2)no1.Cl. The van der Waals surface area contributed by atoms with Gasteiger partial charge in [-0.25, -0.2) is 0 Å². The van der Waals surface area contributed by atoms with Crippen LogP contribution in [0.15, 0.2) is 28.8 Å². The van der Waals surface area contributed by atoms with Gasteiger partial charge in [0.1, 0.15) is 5.75 Å². The predicted molar refractivity (Wildman–Crippen MR) is 103 cm³/mol. The van der Waals surface area contributed by atoms with E-state index in [4.69, 9.17) is 9.26 Å². The number of ether oxygens (including phenoxy) is 1. The second-order valence-electron chi connectivity index (χ2n) is 6.22. The number of hydrogen-bond donors (Lipinski definition) is 2. The highest BCUT2D eigenvalue weighted by Crippen LogP contribution is 2.19. The van der Waals surface area contributed by atoms with Crippen LogP contribution in [0.4, 0.5) is 0 Å². The zero-order valence-corrected chi connectivity index (χ0v) is 16.3. The first-order valence-corrected chi connectivity index (χ1v) is 8.94. The van der Waals surface area contributed by atoms with Crippen molar-refractivity contribution >= 4 is 18.3 Å². The second kappa shape index (κ2) is 10.9. The Kier molecular flexibility index (Phi) is 8.50. The van der Waals surface area contributed by atoms with E-state index in [0.29, 0.717) is 29.6 Å². The fraction of sp³-hybridized carbons (Fsp3) is 0.500. The van der Waals surface area contributed by atoms with Gasteiger partial charge in [0.05, 0.1) is 5.56 Å². The molecular weight excluding hydrogens is 370 g/mol. The van der Waals surface area contributed by atoms with Crippen molar-refractivity contribution in [1.29, 1.82) is 0 Å². The predicted octanol–water partition coefficient (Wildman–Crippen LogP) is 1.40. The van der Waals surface area contributed by atoms with Gasteiger partial charge in [-0.05, 0) is 25.1 Å². The van der Waals surface area contributed by atoms with Crippen molar-refractivity contribution in [3.8, 4) is 5.75 Å². The molecule has 1 saturated heterocycles. The molecular formula is C18H26ClN5O3. The van der Waals surface area contributed by atoms with Crippen molar-refractivity contribution in [2.24, 2.45) is 0 Å². The number of halogens is 1. The molecule has 2 heterocycles.